The summed E-state index contributed by atoms with van der Waals surface area (Å²) >= 11 is 1.57. The molecule has 5 heteroatoms. The minimum Gasteiger partial charge on any atom is -0.497 e. The van der Waals surface area contributed by atoms with E-state index >= 15 is 0 Å². The van der Waals surface area contributed by atoms with E-state index in [1.54, 1.807) is 31.8 Å². The molecule has 3 aromatic carbocycles. The van der Waals surface area contributed by atoms with Crippen LogP contribution in [-0.2, 0) is 0 Å². The second kappa shape index (κ2) is 6.53. The summed E-state index contributed by atoms with van der Waals surface area (Å²) in [7, 11) is 3.28. The number of thiazole rings is 1. The highest BCUT2D eigenvalue weighted by atomic mass is 32.1. The van der Waals surface area contributed by atoms with E-state index in [2.05, 4.69) is 29.3 Å². The first kappa shape index (κ1) is 15.6. The average Bonchev–Trinajstić information content (AvgIpc) is 3.09. The highest BCUT2D eigenvalue weighted by molar-refractivity contribution is 7.22. The second-order valence-corrected chi connectivity index (χ2v) is 6.51. The average molecular weight is 348 g/mol. The van der Waals surface area contributed by atoms with Crippen LogP contribution in [0.4, 0.5) is 5.13 Å². The lowest BCUT2D eigenvalue weighted by Gasteiger charge is -2.06. The Morgan fingerprint density at radius 2 is 1.88 bits per heavy atom. The molecule has 0 aliphatic carbocycles. The standard InChI is InChI=1S/C20H16N2O2S/c1-23-15-8-9-17(24-2)14(11-15)12-21-20-22-19-16-6-4-3-5-13(16)7-10-18(19)25-20/h3-12H,1-2H3. The van der Waals surface area contributed by atoms with Crippen LogP contribution in [0.15, 0.2) is 59.6 Å². The first-order valence-electron chi connectivity index (χ1n) is 7.83. The Bertz CT molecular complexity index is 1090. The van der Waals surface area contributed by atoms with E-state index < -0.39 is 0 Å². The summed E-state index contributed by atoms with van der Waals surface area (Å²) in [6, 6.07) is 18.1. The van der Waals surface area contributed by atoms with E-state index in [1.165, 1.54) is 5.39 Å². The van der Waals surface area contributed by atoms with Gasteiger partial charge in [-0.1, -0.05) is 41.7 Å². The molecule has 0 aliphatic heterocycles. The zero-order valence-electron chi connectivity index (χ0n) is 13.9. The lowest BCUT2D eigenvalue weighted by molar-refractivity contribution is 0.402. The van der Waals surface area contributed by atoms with Gasteiger partial charge in [-0.15, -0.1) is 0 Å². The van der Waals surface area contributed by atoms with Crippen molar-refractivity contribution in [3.05, 3.63) is 60.2 Å². The number of aliphatic imine (C=N–C) groups is 1. The van der Waals surface area contributed by atoms with Crippen LogP contribution < -0.4 is 9.47 Å². The van der Waals surface area contributed by atoms with Gasteiger partial charge < -0.3 is 9.47 Å². The highest BCUT2D eigenvalue weighted by Crippen LogP contribution is 2.33. The van der Waals surface area contributed by atoms with Gasteiger partial charge >= 0.3 is 0 Å². The molecule has 0 spiro atoms. The number of fused-ring (bicyclic) bond motifs is 3. The molecule has 124 valence electrons. The third kappa shape index (κ3) is 2.94. The van der Waals surface area contributed by atoms with Crippen molar-refractivity contribution in [2.75, 3.05) is 14.2 Å². The summed E-state index contributed by atoms with van der Waals surface area (Å²) in [4.78, 5) is 9.25. The Kier molecular flexibility index (Phi) is 4.07. The fourth-order valence-corrected chi connectivity index (χ4v) is 3.60. The predicted molar refractivity (Wildman–Crippen MR) is 104 cm³/mol. The molecular formula is C20H16N2O2S. The van der Waals surface area contributed by atoms with Crippen molar-refractivity contribution in [3.63, 3.8) is 0 Å². The third-order valence-corrected chi connectivity index (χ3v) is 4.95. The molecule has 0 saturated carbocycles. The van der Waals surface area contributed by atoms with Crippen molar-refractivity contribution in [2.24, 2.45) is 4.99 Å². The van der Waals surface area contributed by atoms with Crippen LogP contribution in [0.5, 0.6) is 11.5 Å². The molecule has 1 aromatic heterocycles. The maximum absolute atomic E-state index is 5.39. The number of ether oxygens (including phenoxy) is 2. The van der Waals surface area contributed by atoms with Gasteiger partial charge in [-0.2, -0.15) is 0 Å². The van der Waals surface area contributed by atoms with Crippen molar-refractivity contribution in [1.82, 2.24) is 4.98 Å². The molecule has 0 bridgehead atoms. The van der Waals surface area contributed by atoms with Gasteiger partial charge in [0, 0.05) is 17.2 Å². The molecule has 0 atom stereocenters. The Morgan fingerprint density at radius 1 is 1.00 bits per heavy atom. The largest absolute Gasteiger partial charge is 0.497 e. The molecule has 1 heterocycles. The summed E-state index contributed by atoms with van der Waals surface area (Å²) in [6.45, 7) is 0. The molecule has 0 amide bonds. The van der Waals surface area contributed by atoms with Gasteiger partial charge in [0.05, 0.1) is 24.4 Å². The van der Waals surface area contributed by atoms with Crippen LogP contribution in [0.25, 0.3) is 21.0 Å². The van der Waals surface area contributed by atoms with Gasteiger partial charge in [-0.25, -0.2) is 9.98 Å². The third-order valence-electron chi connectivity index (χ3n) is 4.02. The molecule has 0 saturated heterocycles. The topological polar surface area (TPSA) is 43.7 Å². The van der Waals surface area contributed by atoms with Crippen LogP contribution in [0.3, 0.4) is 0 Å². The fourth-order valence-electron chi connectivity index (χ4n) is 2.77. The van der Waals surface area contributed by atoms with E-state index in [0.29, 0.717) is 0 Å². The summed E-state index contributed by atoms with van der Waals surface area (Å²) in [5.41, 5.74) is 1.85. The normalized spacial score (nSPS) is 11.4. The Labute approximate surface area is 149 Å². The molecule has 0 fully saturated rings. The van der Waals surface area contributed by atoms with Crippen LogP contribution in [0.1, 0.15) is 5.56 Å². The number of benzene rings is 3. The summed E-state index contributed by atoms with van der Waals surface area (Å²) in [6.07, 6.45) is 1.77. The molecule has 0 radical (unpaired) electrons. The first-order valence-corrected chi connectivity index (χ1v) is 8.64. The van der Waals surface area contributed by atoms with Gasteiger partial charge in [0.15, 0.2) is 0 Å². The molecule has 25 heavy (non-hydrogen) atoms. The molecular weight excluding hydrogens is 332 g/mol. The zero-order chi connectivity index (χ0) is 17.2. The maximum Gasteiger partial charge on any atom is 0.210 e. The molecule has 0 aliphatic rings. The van der Waals surface area contributed by atoms with Crippen molar-refractivity contribution < 1.29 is 9.47 Å². The van der Waals surface area contributed by atoms with Crippen LogP contribution in [-0.4, -0.2) is 25.4 Å². The van der Waals surface area contributed by atoms with E-state index in [1.807, 2.05) is 30.3 Å². The van der Waals surface area contributed by atoms with Crippen LogP contribution in [0.2, 0.25) is 0 Å². The first-order chi connectivity index (χ1) is 12.3. The second-order valence-electron chi connectivity index (χ2n) is 5.50. The molecule has 4 aromatic rings. The van der Waals surface area contributed by atoms with E-state index in [0.717, 1.165) is 37.8 Å². The van der Waals surface area contributed by atoms with Crippen molar-refractivity contribution in [2.45, 2.75) is 0 Å². The minimum atomic E-state index is 0.719. The number of rotatable bonds is 4. The number of hydrogen-bond acceptors (Lipinski definition) is 5. The lowest BCUT2D eigenvalue weighted by Crippen LogP contribution is -1.92. The predicted octanol–water partition coefficient (Wildman–Crippen LogP) is 5.22. The minimum absolute atomic E-state index is 0.719. The fraction of sp³-hybridized carbons (Fsp3) is 0.100. The monoisotopic (exact) mass is 348 g/mol. The molecule has 4 nitrogen and oxygen atoms in total. The lowest BCUT2D eigenvalue weighted by atomic mass is 10.1. The Morgan fingerprint density at radius 3 is 2.72 bits per heavy atom. The van der Waals surface area contributed by atoms with Crippen LogP contribution >= 0.6 is 11.3 Å². The molecule has 0 N–H and O–H groups in total. The number of nitrogens with zero attached hydrogens (tertiary/aromatic N) is 2. The summed E-state index contributed by atoms with van der Waals surface area (Å²) < 4.78 is 11.8. The molecule has 0 unspecified atom stereocenters. The van der Waals surface area contributed by atoms with Gasteiger partial charge in [0.1, 0.15) is 11.5 Å². The Balaban J connectivity index is 1.76. The SMILES string of the molecule is COc1ccc(OC)c(C=Nc2nc3c(ccc4ccccc43)s2)c1. The van der Waals surface area contributed by atoms with Gasteiger partial charge in [0.25, 0.3) is 0 Å². The summed E-state index contributed by atoms with van der Waals surface area (Å²) in [5.74, 6) is 1.51. The Hall–Kier alpha value is -2.92. The van der Waals surface area contributed by atoms with Crippen molar-refractivity contribution in [1.29, 1.82) is 0 Å². The van der Waals surface area contributed by atoms with Crippen molar-refractivity contribution in [3.8, 4) is 11.5 Å². The zero-order valence-corrected chi connectivity index (χ0v) is 14.7. The number of aromatic nitrogens is 1. The quantitative estimate of drug-likeness (QED) is 0.475. The highest BCUT2D eigenvalue weighted by Gasteiger charge is 2.07. The number of hydrogen-bond donors (Lipinski definition) is 0. The summed E-state index contributed by atoms with van der Waals surface area (Å²) in [5, 5.41) is 3.05. The van der Waals surface area contributed by atoms with E-state index in [4.69, 9.17) is 14.5 Å². The van der Waals surface area contributed by atoms with E-state index in [9.17, 15) is 0 Å². The van der Waals surface area contributed by atoms with Gasteiger partial charge in [0.2, 0.25) is 5.13 Å². The smallest absolute Gasteiger partial charge is 0.210 e. The maximum atomic E-state index is 5.39. The van der Waals surface area contributed by atoms with Gasteiger partial charge in [-0.3, -0.25) is 0 Å². The number of methoxy groups -OCH3 is 2. The molecule has 4 rings (SSSR count). The van der Waals surface area contributed by atoms with Crippen LogP contribution in [0, 0.1) is 0 Å². The van der Waals surface area contributed by atoms with E-state index in [-0.39, 0.29) is 0 Å². The van der Waals surface area contributed by atoms with Gasteiger partial charge in [-0.05, 0) is 29.7 Å². The van der Waals surface area contributed by atoms with Crippen molar-refractivity contribution >= 4 is 43.7 Å².